The number of aromatic hydroxyl groups is 1. The van der Waals surface area contributed by atoms with E-state index in [1.54, 1.807) is 18.3 Å². The Hall–Kier alpha value is -1.62. The second kappa shape index (κ2) is 3.75. The molecule has 0 amide bonds. The third-order valence-electron chi connectivity index (χ3n) is 3.05. The van der Waals surface area contributed by atoms with Crippen molar-refractivity contribution in [2.24, 2.45) is 0 Å². The highest BCUT2D eigenvalue weighted by molar-refractivity contribution is 5.41. The first-order valence-corrected chi connectivity index (χ1v) is 5.59. The average Bonchev–Trinajstić information content (AvgIpc) is 2.90. The van der Waals surface area contributed by atoms with Gasteiger partial charge in [0.25, 0.3) is 0 Å². The summed E-state index contributed by atoms with van der Waals surface area (Å²) in [6.45, 7) is 1.09. The number of nitrogens with one attached hydrogen (secondary N) is 1. The maximum absolute atomic E-state index is 9.44. The molecule has 84 valence electrons. The van der Waals surface area contributed by atoms with Crippen molar-refractivity contribution in [2.45, 2.75) is 25.3 Å². The molecule has 2 N–H and O–H groups in total. The van der Waals surface area contributed by atoms with E-state index in [2.05, 4.69) is 15.5 Å². The van der Waals surface area contributed by atoms with E-state index in [9.17, 15) is 5.11 Å². The zero-order valence-electron chi connectivity index (χ0n) is 8.93. The summed E-state index contributed by atoms with van der Waals surface area (Å²) >= 11 is 0. The van der Waals surface area contributed by atoms with Crippen molar-refractivity contribution in [2.75, 3.05) is 6.54 Å². The van der Waals surface area contributed by atoms with E-state index in [1.165, 1.54) is 12.8 Å². The third kappa shape index (κ3) is 1.63. The zero-order valence-corrected chi connectivity index (χ0v) is 8.93. The Kier molecular flexibility index (Phi) is 2.25. The van der Waals surface area contributed by atoms with Gasteiger partial charge >= 0.3 is 0 Å². The minimum atomic E-state index is 0.243. The van der Waals surface area contributed by atoms with E-state index in [-0.39, 0.29) is 5.75 Å². The fraction of sp³-hybridized carbons (Fsp3) is 0.455. The van der Waals surface area contributed by atoms with E-state index in [0.717, 1.165) is 24.4 Å². The van der Waals surface area contributed by atoms with Gasteiger partial charge < -0.3 is 10.4 Å². The predicted molar refractivity (Wildman–Crippen MR) is 59.4 cm³/mol. The Balaban J connectivity index is 1.93. The zero-order chi connectivity index (χ0) is 11.0. The van der Waals surface area contributed by atoms with Crippen molar-refractivity contribution in [1.82, 2.24) is 19.9 Å². The summed E-state index contributed by atoms with van der Waals surface area (Å²) in [5, 5.41) is 21.1. The van der Waals surface area contributed by atoms with Crippen molar-refractivity contribution in [3.8, 4) is 5.75 Å². The fourth-order valence-electron chi connectivity index (χ4n) is 2.22. The number of aromatic nitrogens is 3. The third-order valence-corrected chi connectivity index (χ3v) is 3.05. The van der Waals surface area contributed by atoms with Gasteiger partial charge in [0.2, 0.25) is 0 Å². The maximum Gasteiger partial charge on any atom is 0.161 e. The van der Waals surface area contributed by atoms with Gasteiger partial charge in [0.1, 0.15) is 11.6 Å². The van der Waals surface area contributed by atoms with Crippen LogP contribution < -0.4 is 5.32 Å². The molecular weight excluding hydrogens is 204 g/mol. The Morgan fingerprint density at radius 2 is 2.38 bits per heavy atom. The van der Waals surface area contributed by atoms with Crippen LogP contribution in [0.5, 0.6) is 5.75 Å². The lowest BCUT2D eigenvalue weighted by Crippen LogP contribution is -2.24. The number of pyridine rings is 1. The van der Waals surface area contributed by atoms with E-state index in [1.807, 2.05) is 4.40 Å². The minimum absolute atomic E-state index is 0.243. The molecule has 0 aromatic carbocycles. The SMILES string of the molecule is Oc1ccc2nnc(CC3CCCN3)n2c1. The number of nitrogens with zero attached hydrogens (tertiary/aromatic N) is 3. The van der Waals surface area contributed by atoms with Crippen molar-refractivity contribution in [1.29, 1.82) is 0 Å². The summed E-state index contributed by atoms with van der Waals surface area (Å²) in [6, 6.07) is 3.89. The fourth-order valence-corrected chi connectivity index (χ4v) is 2.22. The van der Waals surface area contributed by atoms with Gasteiger partial charge in [0.05, 0.1) is 6.20 Å². The first-order chi connectivity index (χ1) is 7.83. The van der Waals surface area contributed by atoms with Crippen LogP contribution in [0, 0.1) is 0 Å². The molecule has 1 unspecified atom stereocenters. The summed E-state index contributed by atoms with van der Waals surface area (Å²) < 4.78 is 1.86. The largest absolute Gasteiger partial charge is 0.506 e. The van der Waals surface area contributed by atoms with Crippen LogP contribution in [0.2, 0.25) is 0 Å². The molecule has 1 aliphatic heterocycles. The number of rotatable bonds is 2. The van der Waals surface area contributed by atoms with E-state index in [0.29, 0.717) is 6.04 Å². The summed E-state index contributed by atoms with van der Waals surface area (Å²) in [5.41, 5.74) is 0.783. The molecule has 5 nitrogen and oxygen atoms in total. The molecule has 3 rings (SSSR count). The van der Waals surface area contributed by atoms with Crippen LogP contribution in [0.15, 0.2) is 18.3 Å². The van der Waals surface area contributed by atoms with Crippen LogP contribution in [0.1, 0.15) is 18.7 Å². The molecule has 5 heteroatoms. The predicted octanol–water partition coefficient (Wildman–Crippen LogP) is 0.729. The van der Waals surface area contributed by atoms with Gasteiger partial charge in [0.15, 0.2) is 5.65 Å². The number of hydrogen-bond donors (Lipinski definition) is 2. The van der Waals surface area contributed by atoms with Gasteiger partial charge in [-0.2, -0.15) is 0 Å². The van der Waals surface area contributed by atoms with E-state index < -0.39 is 0 Å². The summed E-state index contributed by atoms with van der Waals surface area (Å²) in [6.07, 6.45) is 4.95. The molecule has 0 bridgehead atoms. The first kappa shape index (κ1) is 9.59. The van der Waals surface area contributed by atoms with Gasteiger partial charge in [0, 0.05) is 12.5 Å². The Morgan fingerprint density at radius 3 is 3.19 bits per heavy atom. The van der Waals surface area contributed by atoms with Gasteiger partial charge in [-0.3, -0.25) is 4.40 Å². The monoisotopic (exact) mass is 218 g/mol. The molecule has 0 saturated carbocycles. The van der Waals surface area contributed by atoms with Crippen LogP contribution in [0.25, 0.3) is 5.65 Å². The van der Waals surface area contributed by atoms with E-state index in [4.69, 9.17) is 0 Å². The van der Waals surface area contributed by atoms with Crippen LogP contribution in [-0.4, -0.2) is 32.3 Å². The molecule has 1 aliphatic rings. The summed E-state index contributed by atoms with van der Waals surface area (Å²) in [4.78, 5) is 0. The molecule has 16 heavy (non-hydrogen) atoms. The second-order valence-electron chi connectivity index (χ2n) is 4.23. The molecule has 3 heterocycles. The normalized spacial score (nSPS) is 20.6. The first-order valence-electron chi connectivity index (χ1n) is 5.59. The average molecular weight is 218 g/mol. The van der Waals surface area contributed by atoms with Gasteiger partial charge in [-0.05, 0) is 31.5 Å². The molecular formula is C11H14N4O. The van der Waals surface area contributed by atoms with Crippen molar-refractivity contribution in [3.05, 3.63) is 24.2 Å². The quantitative estimate of drug-likeness (QED) is 0.780. The standard InChI is InChI=1S/C11H14N4O/c16-9-3-4-10-13-14-11(15(10)7-9)6-8-2-1-5-12-8/h3-4,7-8,12,16H,1-2,5-6H2. The molecule has 0 aliphatic carbocycles. The molecule has 0 radical (unpaired) electrons. The maximum atomic E-state index is 9.44. The van der Waals surface area contributed by atoms with Crippen LogP contribution in [0.3, 0.4) is 0 Å². The Morgan fingerprint density at radius 1 is 1.44 bits per heavy atom. The summed E-state index contributed by atoms with van der Waals surface area (Å²) in [7, 11) is 0. The second-order valence-corrected chi connectivity index (χ2v) is 4.23. The topological polar surface area (TPSA) is 62.5 Å². The molecule has 1 atom stereocenters. The Bertz CT molecular complexity index is 502. The smallest absolute Gasteiger partial charge is 0.161 e. The highest BCUT2D eigenvalue weighted by Crippen LogP contribution is 2.15. The number of hydrogen-bond acceptors (Lipinski definition) is 4. The molecule has 2 aromatic rings. The molecule has 2 aromatic heterocycles. The van der Waals surface area contributed by atoms with Crippen LogP contribution >= 0.6 is 0 Å². The lowest BCUT2D eigenvalue weighted by atomic mass is 10.1. The minimum Gasteiger partial charge on any atom is -0.506 e. The molecule has 1 saturated heterocycles. The van der Waals surface area contributed by atoms with Crippen molar-refractivity contribution < 1.29 is 5.11 Å². The van der Waals surface area contributed by atoms with Crippen molar-refractivity contribution in [3.63, 3.8) is 0 Å². The number of fused-ring (bicyclic) bond motifs is 1. The van der Waals surface area contributed by atoms with Crippen LogP contribution in [-0.2, 0) is 6.42 Å². The highest BCUT2D eigenvalue weighted by atomic mass is 16.3. The molecule has 1 fully saturated rings. The van der Waals surface area contributed by atoms with Gasteiger partial charge in [-0.25, -0.2) is 0 Å². The van der Waals surface area contributed by atoms with Crippen molar-refractivity contribution >= 4 is 5.65 Å². The molecule has 0 spiro atoms. The highest BCUT2D eigenvalue weighted by Gasteiger charge is 2.17. The summed E-state index contributed by atoms with van der Waals surface area (Å²) in [5.74, 6) is 1.15. The lowest BCUT2D eigenvalue weighted by Gasteiger charge is -2.07. The van der Waals surface area contributed by atoms with E-state index >= 15 is 0 Å². The van der Waals surface area contributed by atoms with Crippen LogP contribution in [0.4, 0.5) is 0 Å². The Labute approximate surface area is 93.1 Å². The lowest BCUT2D eigenvalue weighted by molar-refractivity contribution is 0.471. The van der Waals surface area contributed by atoms with Gasteiger partial charge in [-0.15, -0.1) is 10.2 Å². The van der Waals surface area contributed by atoms with Gasteiger partial charge in [-0.1, -0.05) is 0 Å².